The van der Waals surface area contributed by atoms with Gasteiger partial charge in [0.05, 0.1) is 10.8 Å². The molecule has 1 spiro atoms. The van der Waals surface area contributed by atoms with Gasteiger partial charge in [-0.3, -0.25) is 14.8 Å². The zero-order valence-electron chi connectivity index (χ0n) is 17.3. The molecule has 1 aromatic heterocycles. The molecule has 0 saturated heterocycles. The van der Waals surface area contributed by atoms with Crippen molar-refractivity contribution in [2.75, 3.05) is 5.75 Å². The van der Waals surface area contributed by atoms with Crippen molar-refractivity contribution in [1.82, 2.24) is 4.98 Å². The van der Waals surface area contributed by atoms with Crippen LogP contribution in [0.15, 0.2) is 35.5 Å². The van der Waals surface area contributed by atoms with Gasteiger partial charge in [-0.1, -0.05) is 17.7 Å². The summed E-state index contributed by atoms with van der Waals surface area (Å²) in [7, 11) is -3.61. The van der Waals surface area contributed by atoms with Crippen LogP contribution in [0.5, 0.6) is 0 Å². The molecular weight excluding hydrogens is 441 g/mol. The summed E-state index contributed by atoms with van der Waals surface area (Å²) in [4.78, 5) is 21.3. The lowest BCUT2D eigenvalue weighted by Gasteiger charge is -2.46. The Morgan fingerprint density at radius 2 is 2.00 bits per heavy atom. The van der Waals surface area contributed by atoms with Crippen LogP contribution in [0.3, 0.4) is 0 Å². The number of Topliss-reactive ketones (excluding diaryl/α,β-unsaturated/α-hetero) is 1. The molecule has 1 atom stereocenters. The number of nitrogens with two attached hydrogens (primary N) is 1. The van der Waals surface area contributed by atoms with Crippen molar-refractivity contribution in [1.29, 1.82) is 0 Å². The molecule has 1 aromatic carbocycles. The van der Waals surface area contributed by atoms with E-state index in [1.54, 1.807) is 19.9 Å². The number of pyridine rings is 1. The molecule has 0 radical (unpaired) electrons. The van der Waals surface area contributed by atoms with Crippen LogP contribution in [0.4, 0.5) is 4.39 Å². The smallest absolute Gasteiger partial charge is 0.185 e. The first kappa shape index (κ1) is 21.9. The van der Waals surface area contributed by atoms with Crippen molar-refractivity contribution in [2.24, 2.45) is 10.7 Å². The number of hydrogen-bond acceptors (Lipinski definition) is 6. The minimum absolute atomic E-state index is 0.0191. The minimum Gasteiger partial charge on any atom is -0.386 e. The topological polar surface area (TPSA) is 102 Å². The summed E-state index contributed by atoms with van der Waals surface area (Å²) in [6, 6.07) is 5.89. The van der Waals surface area contributed by atoms with Crippen LogP contribution in [-0.2, 0) is 21.8 Å². The van der Waals surface area contributed by atoms with E-state index in [4.69, 9.17) is 17.3 Å². The monoisotopic (exact) mass is 463 g/mol. The Labute approximate surface area is 185 Å². The molecule has 164 valence electrons. The summed E-state index contributed by atoms with van der Waals surface area (Å²) in [5.41, 5.74) is 6.33. The van der Waals surface area contributed by atoms with Gasteiger partial charge < -0.3 is 5.73 Å². The summed E-state index contributed by atoms with van der Waals surface area (Å²) >= 11 is 5.90. The van der Waals surface area contributed by atoms with E-state index in [-0.39, 0.29) is 35.0 Å². The first-order chi connectivity index (χ1) is 14.5. The molecule has 1 saturated carbocycles. The number of halogens is 2. The number of carbonyl (C=O) groups is 1. The highest BCUT2D eigenvalue weighted by Gasteiger charge is 2.58. The second kappa shape index (κ2) is 7.38. The zero-order valence-corrected chi connectivity index (χ0v) is 18.9. The summed E-state index contributed by atoms with van der Waals surface area (Å²) in [6.45, 7) is 3.31. The van der Waals surface area contributed by atoms with Crippen LogP contribution in [-0.4, -0.2) is 35.5 Å². The predicted molar refractivity (Wildman–Crippen MR) is 118 cm³/mol. The molecule has 9 heteroatoms. The predicted octanol–water partition coefficient (Wildman–Crippen LogP) is 3.53. The maximum absolute atomic E-state index is 14.8. The number of benzene rings is 1. The molecule has 2 N–H and O–H groups in total. The molecule has 2 heterocycles. The van der Waals surface area contributed by atoms with E-state index < -0.39 is 25.9 Å². The maximum Gasteiger partial charge on any atom is 0.185 e. The number of aryl methyl sites for hydroxylation is 1. The van der Waals surface area contributed by atoms with Gasteiger partial charge in [0.1, 0.15) is 27.6 Å². The molecule has 1 aliphatic heterocycles. The van der Waals surface area contributed by atoms with Gasteiger partial charge in [-0.15, -0.1) is 0 Å². The lowest BCUT2D eigenvalue weighted by Crippen LogP contribution is -2.61. The number of aromatic nitrogens is 1. The van der Waals surface area contributed by atoms with Crippen molar-refractivity contribution in [3.63, 3.8) is 0 Å². The summed E-state index contributed by atoms with van der Waals surface area (Å²) in [5, 5.41) is 0.434. The number of nitrogens with zero attached hydrogens (tertiary/aromatic N) is 2. The molecule has 4 rings (SSSR count). The fourth-order valence-electron chi connectivity index (χ4n) is 4.47. The number of carbonyl (C=O) groups excluding carboxylic acids is 1. The van der Waals surface area contributed by atoms with E-state index >= 15 is 0 Å². The number of sulfone groups is 1. The molecule has 0 amide bonds. The molecule has 0 unspecified atom stereocenters. The normalized spacial score (nSPS) is 23.8. The van der Waals surface area contributed by atoms with Crippen molar-refractivity contribution in [3.05, 3.63) is 63.7 Å². The zero-order chi connectivity index (χ0) is 22.6. The first-order valence-corrected chi connectivity index (χ1v) is 12.0. The Hall–Kier alpha value is -2.32. The Balaban J connectivity index is 1.69. The lowest BCUT2D eigenvalue weighted by molar-refractivity contribution is 0.0987. The highest BCUT2D eigenvalue weighted by atomic mass is 35.5. The number of hydrogen-bond donors (Lipinski definition) is 1. The van der Waals surface area contributed by atoms with Crippen molar-refractivity contribution in [3.8, 4) is 0 Å². The minimum atomic E-state index is -3.61. The van der Waals surface area contributed by atoms with Crippen LogP contribution in [0.2, 0.25) is 5.02 Å². The van der Waals surface area contributed by atoms with E-state index in [2.05, 4.69) is 9.98 Å². The van der Waals surface area contributed by atoms with Gasteiger partial charge in [0.2, 0.25) is 0 Å². The van der Waals surface area contributed by atoms with E-state index in [9.17, 15) is 17.6 Å². The van der Waals surface area contributed by atoms with E-state index in [1.807, 2.05) is 0 Å². The molecule has 1 aliphatic carbocycles. The summed E-state index contributed by atoms with van der Waals surface area (Å²) < 4.78 is 39.8. The van der Waals surface area contributed by atoms with Crippen molar-refractivity contribution < 1.29 is 17.6 Å². The second-order valence-electron chi connectivity index (χ2n) is 8.61. The summed E-state index contributed by atoms with van der Waals surface area (Å²) in [5.74, 6) is -1.11. The molecular formula is C22H23ClFN3O3S. The second-order valence-corrected chi connectivity index (χ2v) is 11.3. The maximum atomic E-state index is 14.8. The van der Waals surface area contributed by atoms with Gasteiger partial charge in [-0.05, 0) is 62.4 Å². The number of aliphatic imine (C=N–C) groups is 1. The van der Waals surface area contributed by atoms with Crippen LogP contribution in [0.1, 0.15) is 53.4 Å². The van der Waals surface area contributed by atoms with Gasteiger partial charge in [0, 0.05) is 18.2 Å². The standard InChI is InChI=1S/C22H23ClFN3O3S/c1-13-8-15(23)11-26-19(13)18(28)10-14-4-5-17(24)16(9-14)21(2)12-31(29,30)22(6-3-7-22)20(25)27-21/h4-5,8-9,11H,3,6-7,10,12H2,1-2H3,(H2,25,27)/t21-/m0/s1. The summed E-state index contributed by atoms with van der Waals surface area (Å²) in [6.07, 6.45) is 3.06. The van der Waals surface area contributed by atoms with E-state index in [0.29, 0.717) is 29.0 Å². The SMILES string of the molecule is Cc1cc(Cl)cnc1C(=O)Cc1ccc(F)c([C@]2(C)CS(=O)(=O)C3(CCC3)C(N)=N2)c1. The molecule has 1 fully saturated rings. The Morgan fingerprint density at radius 1 is 1.29 bits per heavy atom. The average molecular weight is 464 g/mol. The highest BCUT2D eigenvalue weighted by molar-refractivity contribution is 7.93. The Bertz CT molecular complexity index is 1220. The van der Waals surface area contributed by atoms with Crippen LogP contribution >= 0.6 is 11.6 Å². The third kappa shape index (κ3) is 3.55. The third-order valence-corrected chi connectivity index (χ3v) is 9.30. The van der Waals surface area contributed by atoms with Crippen LogP contribution in [0, 0.1) is 12.7 Å². The third-order valence-electron chi connectivity index (χ3n) is 6.35. The van der Waals surface area contributed by atoms with Gasteiger partial charge in [0.15, 0.2) is 15.6 Å². The number of rotatable bonds is 4. The molecule has 2 aliphatic rings. The van der Waals surface area contributed by atoms with Crippen LogP contribution < -0.4 is 5.73 Å². The van der Waals surface area contributed by atoms with Gasteiger partial charge in [-0.2, -0.15) is 0 Å². The largest absolute Gasteiger partial charge is 0.386 e. The first-order valence-electron chi connectivity index (χ1n) is 10.00. The molecule has 0 bridgehead atoms. The Kier molecular flexibility index (Phi) is 5.21. The average Bonchev–Trinajstić information content (AvgIpc) is 2.60. The Morgan fingerprint density at radius 3 is 2.58 bits per heavy atom. The van der Waals surface area contributed by atoms with Gasteiger partial charge in [0.25, 0.3) is 0 Å². The van der Waals surface area contributed by atoms with E-state index in [0.717, 1.165) is 6.42 Å². The highest BCUT2D eigenvalue weighted by Crippen LogP contribution is 2.47. The fourth-order valence-corrected chi connectivity index (χ4v) is 7.19. The van der Waals surface area contributed by atoms with Crippen molar-refractivity contribution in [2.45, 2.75) is 49.8 Å². The fraction of sp³-hybridized carbons (Fsp3) is 0.409. The number of amidine groups is 1. The molecule has 6 nitrogen and oxygen atoms in total. The van der Waals surface area contributed by atoms with Crippen LogP contribution in [0.25, 0.3) is 0 Å². The number of ketones is 1. The van der Waals surface area contributed by atoms with Gasteiger partial charge in [-0.25, -0.2) is 12.8 Å². The van der Waals surface area contributed by atoms with Gasteiger partial charge >= 0.3 is 0 Å². The molecule has 2 aromatic rings. The van der Waals surface area contributed by atoms with E-state index in [1.165, 1.54) is 24.4 Å². The molecule has 31 heavy (non-hydrogen) atoms. The van der Waals surface area contributed by atoms with Crippen molar-refractivity contribution >= 4 is 33.1 Å². The quantitative estimate of drug-likeness (QED) is 0.698. The lowest BCUT2D eigenvalue weighted by atomic mass is 9.82.